The number of carbonyl (C=O) groups excluding carboxylic acids is 1. The number of nitrogens with zero attached hydrogens (tertiary/aromatic N) is 4. The first-order valence-corrected chi connectivity index (χ1v) is 10.7. The molecule has 5 aliphatic rings. The van der Waals surface area contributed by atoms with Gasteiger partial charge >= 0.3 is 0 Å². The second-order valence-corrected chi connectivity index (χ2v) is 10.2. The molecular formula is C19H28N4OS. The van der Waals surface area contributed by atoms with E-state index < -0.39 is 0 Å². The number of rotatable bonds is 3. The maximum Gasteiger partial charge on any atom is 0.223 e. The Hall–Kier alpha value is -1.17. The lowest BCUT2D eigenvalue weighted by Gasteiger charge is -2.57. The highest BCUT2D eigenvalue weighted by molar-refractivity contribution is 7.15. The van der Waals surface area contributed by atoms with Crippen LogP contribution in [0.25, 0.3) is 0 Å². The van der Waals surface area contributed by atoms with E-state index in [0.29, 0.717) is 11.3 Å². The lowest BCUT2D eigenvalue weighted by Crippen LogP contribution is -2.52. The first-order chi connectivity index (χ1) is 12.1. The molecule has 5 fully saturated rings. The minimum absolute atomic E-state index is 0.360. The summed E-state index contributed by atoms with van der Waals surface area (Å²) in [6, 6.07) is 0. The molecule has 0 spiro atoms. The zero-order valence-electron chi connectivity index (χ0n) is 15.1. The van der Waals surface area contributed by atoms with Crippen molar-refractivity contribution in [2.45, 2.75) is 51.9 Å². The average Bonchev–Trinajstić information content (AvgIpc) is 3.00. The molecule has 2 heterocycles. The maximum absolute atomic E-state index is 13.0. The highest BCUT2D eigenvalue weighted by atomic mass is 32.1. The van der Waals surface area contributed by atoms with E-state index in [4.69, 9.17) is 0 Å². The van der Waals surface area contributed by atoms with Gasteiger partial charge in [-0.2, -0.15) is 0 Å². The van der Waals surface area contributed by atoms with Gasteiger partial charge in [-0.15, -0.1) is 10.2 Å². The first kappa shape index (κ1) is 16.0. The maximum atomic E-state index is 13.0. The molecule has 1 aromatic heterocycles. The lowest BCUT2D eigenvalue weighted by molar-refractivity contribution is -0.139. The van der Waals surface area contributed by atoms with Crippen LogP contribution in [-0.2, 0) is 4.79 Å². The summed E-state index contributed by atoms with van der Waals surface area (Å²) in [5.74, 6) is 3.19. The normalized spacial score (nSPS) is 36.9. The topological polar surface area (TPSA) is 49.3 Å². The Morgan fingerprint density at radius 1 is 1.04 bits per heavy atom. The van der Waals surface area contributed by atoms with Crippen LogP contribution >= 0.6 is 11.3 Å². The molecule has 1 amide bonds. The third-order valence-corrected chi connectivity index (χ3v) is 8.01. The fourth-order valence-electron chi connectivity index (χ4n) is 6.50. The van der Waals surface area contributed by atoms with Crippen LogP contribution in [0.5, 0.6) is 0 Å². The molecular weight excluding hydrogens is 332 g/mol. The molecule has 4 aliphatic carbocycles. The fourth-order valence-corrected chi connectivity index (χ4v) is 7.24. The number of hydrogen-bond donors (Lipinski definition) is 0. The Bertz CT molecular complexity index is 629. The van der Waals surface area contributed by atoms with Gasteiger partial charge in [0.1, 0.15) is 5.01 Å². The number of piperazine rings is 1. The number of hydrogen-bond acceptors (Lipinski definition) is 5. The van der Waals surface area contributed by atoms with Crippen molar-refractivity contribution in [3.63, 3.8) is 0 Å². The summed E-state index contributed by atoms with van der Waals surface area (Å²) < 4.78 is 0. The van der Waals surface area contributed by atoms with E-state index in [1.165, 1.54) is 38.5 Å². The van der Waals surface area contributed by atoms with E-state index in [-0.39, 0.29) is 0 Å². The van der Waals surface area contributed by atoms with Gasteiger partial charge in [0.15, 0.2) is 0 Å². The van der Waals surface area contributed by atoms with Crippen LogP contribution < -0.4 is 4.90 Å². The largest absolute Gasteiger partial charge is 0.343 e. The van der Waals surface area contributed by atoms with E-state index in [0.717, 1.165) is 60.5 Å². The van der Waals surface area contributed by atoms with Crippen molar-refractivity contribution in [3.05, 3.63) is 5.01 Å². The number of amides is 1. The van der Waals surface area contributed by atoms with Crippen LogP contribution in [0.2, 0.25) is 0 Å². The average molecular weight is 361 g/mol. The zero-order valence-corrected chi connectivity index (χ0v) is 15.9. The van der Waals surface area contributed by atoms with E-state index in [9.17, 15) is 4.79 Å². The number of aryl methyl sites for hydroxylation is 1. The predicted molar refractivity (Wildman–Crippen MR) is 98.7 cm³/mol. The van der Waals surface area contributed by atoms with Gasteiger partial charge in [-0.1, -0.05) is 11.3 Å². The van der Waals surface area contributed by atoms with E-state index in [2.05, 4.69) is 20.0 Å². The van der Waals surface area contributed by atoms with Crippen molar-refractivity contribution in [3.8, 4) is 0 Å². The van der Waals surface area contributed by atoms with Crippen LogP contribution in [0.3, 0.4) is 0 Å². The van der Waals surface area contributed by atoms with E-state index >= 15 is 0 Å². The van der Waals surface area contributed by atoms with Gasteiger partial charge in [0.25, 0.3) is 0 Å². The van der Waals surface area contributed by atoms with Gasteiger partial charge in [0.2, 0.25) is 11.0 Å². The van der Waals surface area contributed by atoms with Crippen molar-refractivity contribution in [1.82, 2.24) is 15.1 Å². The van der Waals surface area contributed by atoms with Crippen LogP contribution in [0, 0.1) is 30.1 Å². The Labute approximate surface area is 153 Å². The molecule has 0 atom stereocenters. The molecule has 1 aromatic rings. The van der Waals surface area contributed by atoms with Crippen LogP contribution in [0.15, 0.2) is 0 Å². The van der Waals surface area contributed by atoms with Crippen molar-refractivity contribution >= 4 is 22.4 Å². The summed E-state index contributed by atoms with van der Waals surface area (Å²) in [5, 5.41) is 10.4. The van der Waals surface area contributed by atoms with Crippen LogP contribution in [-0.4, -0.2) is 47.2 Å². The van der Waals surface area contributed by atoms with Crippen LogP contribution in [0.1, 0.15) is 50.0 Å². The molecule has 4 saturated carbocycles. The molecule has 0 radical (unpaired) electrons. The van der Waals surface area contributed by atoms with Gasteiger partial charge in [0.05, 0.1) is 0 Å². The Kier molecular flexibility index (Phi) is 3.80. The second-order valence-electron chi connectivity index (χ2n) is 9.07. The molecule has 0 unspecified atom stereocenters. The Morgan fingerprint density at radius 2 is 1.64 bits per heavy atom. The minimum Gasteiger partial charge on any atom is -0.343 e. The molecule has 1 aliphatic heterocycles. The Morgan fingerprint density at radius 3 is 2.16 bits per heavy atom. The van der Waals surface area contributed by atoms with Gasteiger partial charge < -0.3 is 9.80 Å². The lowest BCUT2D eigenvalue weighted by atomic mass is 9.49. The van der Waals surface area contributed by atoms with Gasteiger partial charge in [-0.25, -0.2) is 0 Å². The monoisotopic (exact) mass is 360 g/mol. The third kappa shape index (κ3) is 2.96. The molecule has 1 saturated heterocycles. The van der Waals surface area contributed by atoms with Crippen molar-refractivity contribution in [2.24, 2.45) is 23.2 Å². The van der Waals surface area contributed by atoms with Gasteiger partial charge in [0, 0.05) is 32.6 Å². The summed E-state index contributed by atoms with van der Waals surface area (Å²) in [6.45, 7) is 5.45. The number of carbonyl (C=O) groups is 1. The number of aromatic nitrogens is 2. The van der Waals surface area contributed by atoms with Crippen molar-refractivity contribution in [1.29, 1.82) is 0 Å². The van der Waals surface area contributed by atoms with Crippen LogP contribution in [0.4, 0.5) is 5.13 Å². The van der Waals surface area contributed by atoms with E-state index in [1.807, 2.05) is 6.92 Å². The van der Waals surface area contributed by atoms with Crippen molar-refractivity contribution < 1.29 is 4.79 Å². The molecule has 6 heteroatoms. The zero-order chi connectivity index (χ0) is 17.0. The van der Waals surface area contributed by atoms with Gasteiger partial charge in [-0.05, 0) is 68.6 Å². The minimum atomic E-state index is 0.360. The standard InChI is InChI=1S/C19H28N4OS/c1-13-20-21-18(25-13)23-4-2-22(3-5-23)17(24)12-19-9-14-6-15(10-19)8-16(7-14)11-19/h14-16H,2-12H2,1H3. The quantitative estimate of drug-likeness (QED) is 0.831. The van der Waals surface area contributed by atoms with Gasteiger partial charge in [-0.3, -0.25) is 4.79 Å². The summed E-state index contributed by atoms with van der Waals surface area (Å²) >= 11 is 1.65. The summed E-state index contributed by atoms with van der Waals surface area (Å²) in [4.78, 5) is 17.4. The number of anilines is 1. The summed E-state index contributed by atoms with van der Waals surface area (Å²) in [6.07, 6.45) is 9.15. The summed E-state index contributed by atoms with van der Waals surface area (Å²) in [7, 11) is 0. The molecule has 5 nitrogen and oxygen atoms in total. The Balaban J connectivity index is 1.20. The third-order valence-electron chi connectivity index (χ3n) is 7.11. The second kappa shape index (κ2) is 5.93. The molecule has 4 bridgehead atoms. The fraction of sp³-hybridized carbons (Fsp3) is 0.842. The summed E-state index contributed by atoms with van der Waals surface area (Å²) in [5.41, 5.74) is 0.360. The predicted octanol–water partition coefficient (Wildman–Crippen LogP) is 3.10. The molecule has 6 rings (SSSR count). The molecule has 0 N–H and O–H groups in total. The van der Waals surface area contributed by atoms with Crippen molar-refractivity contribution in [2.75, 3.05) is 31.1 Å². The first-order valence-electron chi connectivity index (χ1n) is 9.91. The highest BCUT2D eigenvalue weighted by Crippen LogP contribution is 2.61. The smallest absolute Gasteiger partial charge is 0.223 e. The highest BCUT2D eigenvalue weighted by Gasteiger charge is 2.51. The molecule has 136 valence electrons. The molecule has 0 aromatic carbocycles. The van der Waals surface area contributed by atoms with E-state index in [1.54, 1.807) is 11.3 Å². The SMILES string of the molecule is Cc1nnc(N2CCN(C(=O)CC34CC5CC(CC(C5)C3)C4)CC2)s1. The molecule has 25 heavy (non-hydrogen) atoms.